The van der Waals surface area contributed by atoms with Gasteiger partial charge in [0.25, 0.3) is 0 Å². The van der Waals surface area contributed by atoms with E-state index in [0.29, 0.717) is 15.6 Å². The molecule has 0 fully saturated rings. The second kappa shape index (κ2) is 4.56. The molecule has 2 nitrogen and oxygen atoms in total. The van der Waals surface area contributed by atoms with Gasteiger partial charge in [0.15, 0.2) is 0 Å². The van der Waals surface area contributed by atoms with E-state index in [2.05, 4.69) is 15.9 Å². The Labute approximate surface area is 106 Å². The lowest BCUT2D eigenvalue weighted by Crippen LogP contribution is -1.87. The fourth-order valence-corrected chi connectivity index (χ4v) is 1.89. The van der Waals surface area contributed by atoms with Crippen LogP contribution in [0.5, 0.6) is 5.75 Å². The molecule has 0 aromatic heterocycles. The van der Waals surface area contributed by atoms with Gasteiger partial charge in [-0.1, -0.05) is 18.2 Å². The van der Waals surface area contributed by atoms with Crippen molar-refractivity contribution in [1.82, 2.24) is 0 Å². The van der Waals surface area contributed by atoms with Crippen molar-refractivity contribution in [2.75, 3.05) is 0 Å². The molecule has 0 heterocycles. The second-order valence-corrected chi connectivity index (χ2v) is 4.30. The van der Waals surface area contributed by atoms with Crippen LogP contribution in [0.1, 0.15) is 5.56 Å². The third-order valence-electron chi connectivity index (χ3n) is 2.38. The fraction of sp³-hybridized carbons (Fsp3) is 0. The van der Waals surface area contributed by atoms with E-state index in [1.807, 2.05) is 6.07 Å². The van der Waals surface area contributed by atoms with Crippen LogP contribution < -0.4 is 0 Å². The molecule has 0 atom stereocenters. The molecule has 4 heteroatoms. The number of halogens is 2. The Morgan fingerprint density at radius 3 is 2.71 bits per heavy atom. The predicted octanol–water partition coefficient (Wildman–Crippen LogP) is 3.83. The third kappa shape index (κ3) is 2.15. The van der Waals surface area contributed by atoms with Gasteiger partial charge in [0.2, 0.25) is 0 Å². The normalized spacial score (nSPS) is 9.94. The topological polar surface area (TPSA) is 44.0 Å². The van der Waals surface area contributed by atoms with Crippen molar-refractivity contribution in [2.45, 2.75) is 0 Å². The van der Waals surface area contributed by atoms with E-state index in [1.54, 1.807) is 24.3 Å². The molecule has 0 aliphatic heterocycles. The highest BCUT2D eigenvalue weighted by atomic mass is 79.9. The van der Waals surface area contributed by atoms with Crippen molar-refractivity contribution >= 4 is 15.9 Å². The van der Waals surface area contributed by atoms with Crippen LogP contribution in [0.4, 0.5) is 4.39 Å². The molecule has 0 amide bonds. The van der Waals surface area contributed by atoms with Crippen molar-refractivity contribution in [3.8, 4) is 22.9 Å². The highest BCUT2D eigenvalue weighted by Crippen LogP contribution is 2.30. The Morgan fingerprint density at radius 2 is 2.00 bits per heavy atom. The first-order valence-corrected chi connectivity index (χ1v) is 5.60. The number of benzene rings is 2. The molecule has 0 aliphatic rings. The summed E-state index contributed by atoms with van der Waals surface area (Å²) < 4.78 is 14.2. The minimum absolute atomic E-state index is 0.105. The molecular formula is C13H7BrFNO. The SMILES string of the molecule is N#Cc1cc(-c2cccc(Br)c2F)ccc1O. The largest absolute Gasteiger partial charge is 0.507 e. The number of hydrogen-bond acceptors (Lipinski definition) is 2. The Bertz CT molecular complexity index is 619. The van der Waals surface area contributed by atoms with Crippen LogP contribution in [-0.4, -0.2) is 5.11 Å². The van der Waals surface area contributed by atoms with E-state index < -0.39 is 0 Å². The van der Waals surface area contributed by atoms with Gasteiger partial charge in [-0.25, -0.2) is 4.39 Å². The maximum Gasteiger partial charge on any atom is 0.145 e. The molecule has 1 N–H and O–H groups in total. The summed E-state index contributed by atoms with van der Waals surface area (Å²) in [5, 5.41) is 18.2. The molecule has 0 bridgehead atoms. The highest BCUT2D eigenvalue weighted by Gasteiger charge is 2.10. The van der Waals surface area contributed by atoms with E-state index in [-0.39, 0.29) is 17.1 Å². The van der Waals surface area contributed by atoms with Gasteiger partial charge in [-0.2, -0.15) is 5.26 Å². The van der Waals surface area contributed by atoms with Crippen molar-refractivity contribution in [1.29, 1.82) is 5.26 Å². The lowest BCUT2D eigenvalue weighted by Gasteiger charge is -2.06. The molecule has 84 valence electrons. The van der Waals surface area contributed by atoms with Crippen molar-refractivity contribution in [3.05, 3.63) is 52.3 Å². The van der Waals surface area contributed by atoms with Crippen molar-refractivity contribution in [2.24, 2.45) is 0 Å². The van der Waals surface area contributed by atoms with E-state index in [1.165, 1.54) is 12.1 Å². The Morgan fingerprint density at radius 1 is 1.24 bits per heavy atom. The molecule has 0 radical (unpaired) electrons. The second-order valence-electron chi connectivity index (χ2n) is 3.45. The molecule has 0 unspecified atom stereocenters. The number of hydrogen-bond donors (Lipinski definition) is 1. The number of phenolic OH excluding ortho intramolecular Hbond substituents is 1. The summed E-state index contributed by atoms with van der Waals surface area (Å²) in [5.74, 6) is -0.492. The Balaban J connectivity index is 2.62. The van der Waals surface area contributed by atoms with Crippen LogP contribution >= 0.6 is 15.9 Å². The Hall–Kier alpha value is -1.86. The third-order valence-corrected chi connectivity index (χ3v) is 2.99. The van der Waals surface area contributed by atoms with Gasteiger partial charge >= 0.3 is 0 Å². The van der Waals surface area contributed by atoms with Crippen LogP contribution in [0.15, 0.2) is 40.9 Å². The van der Waals surface area contributed by atoms with Gasteiger partial charge in [0, 0.05) is 5.56 Å². The summed E-state index contributed by atoms with van der Waals surface area (Å²) in [5.41, 5.74) is 1.07. The fourth-order valence-electron chi connectivity index (χ4n) is 1.52. The number of nitriles is 1. The van der Waals surface area contributed by atoms with Crippen LogP contribution in [-0.2, 0) is 0 Å². The van der Waals surface area contributed by atoms with Crippen LogP contribution in [0.3, 0.4) is 0 Å². The zero-order valence-corrected chi connectivity index (χ0v) is 10.2. The first-order chi connectivity index (χ1) is 8.13. The van der Waals surface area contributed by atoms with E-state index in [9.17, 15) is 9.50 Å². The summed E-state index contributed by atoms with van der Waals surface area (Å²) in [7, 11) is 0. The monoisotopic (exact) mass is 291 g/mol. The minimum Gasteiger partial charge on any atom is -0.507 e. The van der Waals surface area contributed by atoms with Crippen LogP contribution in [0.25, 0.3) is 11.1 Å². The number of aromatic hydroxyl groups is 1. The molecule has 2 aromatic carbocycles. The first kappa shape index (κ1) is 11.6. The highest BCUT2D eigenvalue weighted by molar-refractivity contribution is 9.10. The van der Waals surface area contributed by atoms with Gasteiger partial charge in [-0.05, 0) is 39.7 Å². The smallest absolute Gasteiger partial charge is 0.145 e. The van der Waals surface area contributed by atoms with Crippen molar-refractivity contribution in [3.63, 3.8) is 0 Å². The van der Waals surface area contributed by atoms with Crippen LogP contribution in [0.2, 0.25) is 0 Å². The van der Waals surface area contributed by atoms with Gasteiger partial charge < -0.3 is 5.11 Å². The summed E-state index contributed by atoms with van der Waals surface area (Å²) in [6, 6.07) is 11.2. The zero-order chi connectivity index (χ0) is 12.4. The average molecular weight is 292 g/mol. The van der Waals surface area contributed by atoms with Crippen molar-refractivity contribution < 1.29 is 9.50 Å². The predicted molar refractivity (Wildman–Crippen MR) is 65.9 cm³/mol. The van der Waals surface area contributed by atoms with E-state index in [0.717, 1.165) is 0 Å². The van der Waals surface area contributed by atoms with Gasteiger partial charge in [-0.3, -0.25) is 0 Å². The first-order valence-electron chi connectivity index (χ1n) is 4.81. The number of rotatable bonds is 1. The molecule has 0 saturated heterocycles. The van der Waals surface area contributed by atoms with E-state index in [4.69, 9.17) is 5.26 Å². The van der Waals surface area contributed by atoms with Crippen LogP contribution in [0, 0.1) is 17.1 Å². The molecule has 0 spiro atoms. The lowest BCUT2D eigenvalue weighted by molar-refractivity contribution is 0.473. The minimum atomic E-state index is -0.387. The molecule has 0 saturated carbocycles. The molecule has 17 heavy (non-hydrogen) atoms. The molecule has 2 aromatic rings. The number of phenols is 1. The summed E-state index contributed by atoms with van der Waals surface area (Å²) in [6.07, 6.45) is 0. The maximum atomic E-state index is 13.8. The lowest BCUT2D eigenvalue weighted by atomic mass is 10.0. The Kier molecular flexibility index (Phi) is 3.12. The number of nitrogens with zero attached hydrogens (tertiary/aromatic N) is 1. The summed E-state index contributed by atoms with van der Waals surface area (Å²) >= 11 is 3.10. The molecule has 2 rings (SSSR count). The quantitative estimate of drug-likeness (QED) is 0.868. The maximum absolute atomic E-state index is 13.8. The standard InChI is InChI=1S/C13H7BrFNO/c14-11-3-1-2-10(13(11)15)8-4-5-12(17)9(6-8)7-16/h1-6,17H. The van der Waals surface area contributed by atoms with Gasteiger partial charge in [0.05, 0.1) is 10.0 Å². The average Bonchev–Trinajstić information content (AvgIpc) is 2.34. The molecular weight excluding hydrogens is 285 g/mol. The van der Waals surface area contributed by atoms with Gasteiger partial charge in [-0.15, -0.1) is 0 Å². The molecule has 0 aliphatic carbocycles. The summed E-state index contributed by atoms with van der Waals surface area (Å²) in [4.78, 5) is 0. The van der Waals surface area contributed by atoms with Gasteiger partial charge in [0.1, 0.15) is 17.6 Å². The van der Waals surface area contributed by atoms with E-state index >= 15 is 0 Å². The zero-order valence-electron chi connectivity index (χ0n) is 8.61. The summed E-state index contributed by atoms with van der Waals surface area (Å²) in [6.45, 7) is 0.